The van der Waals surface area contributed by atoms with E-state index < -0.39 is 5.97 Å². The second-order valence-corrected chi connectivity index (χ2v) is 5.02. The van der Waals surface area contributed by atoms with Gasteiger partial charge in [-0.25, -0.2) is 0 Å². The summed E-state index contributed by atoms with van der Waals surface area (Å²) in [5, 5.41) is 8.58. The van der Waals surface area contributed by atoms with Crippen LogP contribution in [0.1, 0.15) is 38.5 Å². The fraction of sp³-hybridized carbons (Fsp3) is 0.375. The summed E-state index contributed by atoms with van der Waals surface area (Å²) in [5.74, 6) is -0.273. The molecule has 0 aromatic carbocycles. The molecule has 21 heavy (non-hydrogen) atoms. The Kier molecular flexibility index (Phi) is 5.37. The summed E-state index contributed by atoms with van der Waals surface area (Å²) < 4.78 is 5.43. The largest absolute Gasteiger partial charge is 0.481 e. The molecule has 1 N–H and O–H groups in total. The van der Waals surface area contributed by atoms with Crippen molar-refractivity contribution in [2.75, 3.05) is 0 Å². The number of carboxylic acids is 1. The average molecular weight is 289 g/mol. The lowest BCUT2D eigenvalue weighted by Crippen LogP contribution is -2.22. The number of aliphatic carboxylic acids is 1. The summed E-state index contributed by atoms with van der Waals surface area (Å²) in [6, 6.07) is 0. The van der Waals surface area contributed by atoms with Crippen LogP contribution in [-0.4, -0.2) is 21.9 Å². The maximum atomic E-state index is 12.0. The minimum atomic E-state index is -0.881. The maximum Gasteiger partial charge on any atom is 0.303 e. The molecule has 0 saturated heterocycles. The van der Waals surface area contributed by atoms with Crippen molar-refractivity contribution >= 4 is 11.9 Å². The summed E-state index contributed by atoms with van der Waals surface area (Å²) in [5.41, 5.74) is 1.28. The van der Waals surface area contributed by atoms with Gasteiger partial charge in [0.25, 0.3) is 0 Å². The van der Waals surface area contributed by atoms with Gasteiger partial charge in [0.15, 0.2) is 0 Å². The van der Waals surface area contributed by atoms with E-state index >= 15 is 0 Å². The molecule has 5 nitrogen and oxygen atoms in total. The lowest BCUT2D eigenvalue weighted by molar-refractivity contribution is -0.137. The van der Waals surface area contributed by atoms with E-state index in [0.29, 0.717) is 12.8 Å². The van der Waals surface area contributed by atoms with Crippen LogP contribution in [-0.2, 0) is 14.3 Å². The first-order chi connectivity index (χ1) is 10.1. The third-order valence-corrected chi connectivity index (χ3v) is 3.29. The highest BCUT2D eigenvalue weighted by Gasteiger charge is 2.15. The number of carboxylic acid groups (broad SMARTS) is 1. The second kappa shape index (κ2) is 7.47. The van der Waals surface area contributed by atoms with Crippen LogP contribution in [0.4, 0.5) is 0 Å². The van der Waals surface area contributed by atoms with Crippen LogP contribution < -0.4 is 0 Å². The lowest BCUT2D eigenvalue weighted by atomic mass is 10.0. The minimum Gasteiger partial charge on any atom is -0.481 e. The number of amides is 1. The molecule has 0 unspecified atom stereocenters. The molecule has 2 aliphatic rings. The van der Waals surface area contributed by atoms with Gasteiger partial charge in [-0.15, -0.1) is 0 Å². The number of hydrogen-bond donors (Lipinski definition) is 1. The molecular weight excluding hydrogens is 270 g/mol. The number of carbonyl (C=O) groups is 2. The second-order valence-electron chi connectivity index (χ2n) is 5.02. The third-order valence-electron chi connectivity index (χ3n) is 3.29. The fourth-order valence-electron chi connectivity index (χ4n) is 2.20. The number of hydrogen-bond acceptors (Lipinski definition) is 3. The Bertz CT molecular complexity index is 528. The molecule has 112 valence electrons. The van der Waals surface area contributed by atoms with E-state index in [1.165, 1.54) is 16.7 Å². The molecule has 0 aromatic heterocycles. The average Bonchev–Trinajstić information content (AvgIpc) is 2.48. The van der Waals surface area contributed by atoms with Crippen molar-refractivity contribution in [3.05, 3.63) is 48.2 Å². The predicted molar refractivity (Wildman–Crippen MR) is 77.7 cm³/mol. The van der Waals surface area contributed by atoms with Crippen LogP contribution in [0.3, 0.4) is 0 Å². The maximum absolute atomic E-state index is 12.0. The summed E-state index contributed by atoms with van der Waals surface area (Å²) in [4.78, 5) is 23.9. The zero-order chi connectivity index (χ0) is 15.1. The van der Waals surface area contributed by atoms with Gasteiger partial charge >= 0.3 is 5.97 Å². The molecule has 0 fully saturated rings. The van der Waals surface area contributed by atoms with Gasteiger partial charge in [0.1, 0.15) is 12.0 Å². The molecule has 1 aliphatic carbocycles. The topological polar surface area (TPSA) is 66.8 Å². The van der Waals surface area contributed by atoms with Gasteiger partial charge in [0, 0.05) is 25.5 Å². The lowest BCUT2D eigenvalue weighted by Gasteiger charge is -2.21. The van der Waals surface area contributed by atoms with Crippen molar-refractivity contribution in [1.82, 2.24) is 4.90 Å². The van der Waals surface area contributed by atoms with Crippen LogP contribution in [0.2, 0.25) is 0 Å². The van der Waals surface area contributed by atoms with Crippen LogP contribution in [0, 0.1) is 0 Å². The molecular formula is C16H19NO4. The van der Waals surface area contributed by atoms with E-state index in [-0.39, 0.29) is 18.7 Å². The van der Waals surface area contributed by atoms with Crippen LogP contribution in [0.5, 0.6) is 0 Å². The molecule has 0 saturated carbocycles. The molecule has 0 bridgehead atoms. The normalized spacial score (nSPS) is 17.0. The van der Waals surface area contributed by atoms with E-state index in [2.05, 4.69) is 12.2 Å². The highest BCUT2D eigenvalue weighted by molar-refractivity contribution is 5.79. The highest BCUT2D eigenvalue weighted by atomic mass is 16.5. The fourth-order valence-corrected chi connectivity index (χ4v) is 2.20. The monoisotopic (exact) mass is 289 g/mol. The molecule has 1 aliphatic heterocycles. The quantitative estimate of drug-likeness (QED) is 0.816. The molecule has 0 atom stereocenters. The first kappa shape index (κ1) is 15.1. The molecule has 1 amide bonds. The summed E-state index contributed by atoms with van der Waals surface area (Å²) in [6.45, 7) is 0. The van der Waals surface area contributed by atoms with Gasteiger partial charge in [0.05, 0.1) is 6.20 Å². The van der Waals surface area contributed by atoms with Crippen LogP contribution >= 0.6 is 0 Å². The van der Waals surface area contributed by atoms with Crippen molar-refractivity contribution in [2.45, 2.75) is 38.5 Å². The Balaban J connectivity index is 1.88. The van der Waals surface area contributed by atoms with Gasteiger partial charge in [-0.1, -0.05) is 23.8 Å². The van der Waals surface area contributed by atoms with E-state index in [1.54, 1.807) is 12.4 Å². The van der Waals surface area contributed by atoms with E-state index in [4.69, 9.17) is 9.84 Å². The van der Waals surface area contributed by atoms with Crippen molar-refractivity contribution in [2.24, 2.45) is 0 Å². The zero-order valence-corrected chi connectivity index (χ0v) is 11.8. The van der Waals surface area contributed by atoms with Gasteiger partial charge in [0.2, 0.25) is 5.91 Å². The van der Waals surface area contributed by atoms with Crippen molar-refractivity contribution in [3.63, 3.8) is 0 Å². The predicted octanol–water partition coefficient (Wildman–Crippen LogP) is 3.08. The number of ether oxygens (including phenoxy) is 1. The molecule has 5 heteroatoms. The smallest absolute Gasteiger partial charge is 0.303 e. The van der Waals surface area contributed by atoms with E-state index in [0.717, 1.165) is 18.6 Å². The standard InChI is InChI=1S/C16H19NO4/c18-15(7-4-8-16(19)20)17-9-10-21-14(12-17)11-13-5-2-1-3-6-13/h1-2,5,9-10,12H,3-4,6-8,11H2,(H,19,20). The Morgan fingerprint density at radius 1 is 1.33 bits per heavy atom. The van der Waals surface area contributed by atoms with Gasteiger partial charge in [-0.3, -0.25) is 14.5 Å². The molecule has 0 spiro atoms. The summed E-state index contributed by atoms with van der Waals surface area (Å²) >= 11 is 0. The van der Waals surface area contributed by atoms with Crippen LogP contribution in [0.15, 0.2) is 48.2 Å². The number of allylic oxidation sites excluding steroid dienone is 4. The molecule has 2 rings (SSSR count). The molecule has 0 radical (unpaired) electrons. The Morgan fingerprint density at radius 3 is 2.90 bits per heavy atom. The van der Waals surface area contributed by atoms with Crippen molar-refractivity contribution in [3.8, 4) is 0 Å². The highest BCUT2D eigenvalue weighted by Crippen LogP contribution is 2.23. The van der Waals surface area contributed by atoms with Crippen LogP contribution in [0.25, 0.3) is 0 Å². The van der Waals surface area contributed by atoms with Crippen molar-refractivity contribution < 1.29 is 19.4 Å². The van der Waals surface area contributed by atoms with Gasteiger partial charge < -0.3 is 9.84 Å². The Hall–Kier alpha value is -2.30. The number of rotatable bonds is 6. The first-order valence-electron chi connectivity index (χ1n) is 7.07. The zero-order valence-electron chi connectivity index (χ0n) is 11.8. The van der Waals surface area contributed by atoms with E-state index in [9.17, 15) is 9.59 Å². The number of carbonyl (C=O) groups excluding carboxylic acids is 1. The number of nitrogens with zero attached hydrogens (tertiary/aromatic N) is 1. The minimum absolute atomic E-state index is 0.00951. The summed E-state index contributed by atoms with van der Waals surface area (Å²) in [7, 11) is 0. The van der Waals surface area contributed by atoms with Gasteiger partial charge in [-0.05, 0) is 19.3 Å². The van der Waals surface area contributed by atoms with E-state index in [1.807, 2.05) is 6.08 Å². The summed E-state index contributed by atoms with van der Waals surface area (Å²) in [6.07, 6.45) is 14.3. The van der Waals surface area contributed by atoms with Gasteiger partial charge in [-0.2, -0.15) is 0 Å². The van der Waals surface area contributed by atoms with Crippen molar-refractivity contribution in [1.29, 1.82) is 0 Å². The first-order valence-corrected chi connectivity index (χ1v) is 7.07. The Labute approximate surface area is 123 Å². The molecule has 1 heterocycles. The SMILES string of the molecule is O=C(O)CCCC(=O)N1C=COC(CC2=CC=CCC2)=C1. The molecule has 0 aromatic rings. The third kappa shape index (κ3) is 4.95. The Morgan fingerprint density at radius 2 is 2.19 bits per heavy atom.